The lowest BCUT2D eigenvalue weighted by atomic mass is 10.2. The van der Waals surface area contributed by atoms with Gasteiger partial charge in [0.15, 0.2) is 0 Å². The summed E-state index contributed by atoms with van der Waals surface area (Å²) in [5.74, 6) is 2.32. The summed E-state index contributed by atoms with van der Waals surface area (Å²) in [6, 6.07) is -1.12. The van der Waals surface area contributed by atoms with Crippen LogP contribution in [-0.4, -0.2) is 58.3 Å². The van der Waals surface area contributed by atoms with E-state index in [1.54, 1.807) is 5.43 Å². The minimum absolute atomic E-state index is 0.0852. The molecular formula is C10H17N3O7S2. The van der Waals surface area contributed by atoms with Gasteiger partial charge in [0.2, 0.25) is 5.91 Å². The van der Waals surface area contributed by atoms with Crippen LogP contribution in [0.15, 0.2) is 0 Å². The minimum atomic E-state index is -1.21. The maximum Gasteiger partial charge on any atom is 0.421 e. The van der Waals surface area contributed by atoms with Gasteiger partial charge in [-0.25, -0.2) is 15.4 Å². The van der Waals surface area contributed by atoms with Crippen LogP contribution in [0.5, 0.6) is 0 Å². The molecule has 0 aliphatic carbocycles. The van der Waals surface area contributed by atoms with E-state index in [1.165, 1.54) is 21.6 Å². The molecule has 6 N–H and O–H groups in total. The van der Waals surface area contributed by atoms with E-state index in [-0.39, 0.29) is 25.2 Å². The molecule has 0 aromatic carbocycles. The predicted molar refractivity (Wildman–Crippen MR) is 80.0 cm³/mol. The van der Waals surface area contributed by atoms with Crippen molar-refractivity contribution < 1.29 is 34.1 Å². The Morgan fingerprint density at radius 2 is 1.82 bits per heavy atom. The first-order valence-electron chi connectivity index (χ1n) is 5.98. The van der Waals surface area contributed by atoms with Crippen molar-refractivity contribution in [1.82, 2.24) is 10.7 Å². The lowest BCUT2D eigenvalue weighted by molar-refractivity contribution is -0.141. The first kappa shape index (κ1) is 20.3. The van der Waals surface area contributed by atoms with Crippen LogP contribution in [0.1, 0.15) is 12.8 Å². The van der Waals surface area contributed by atoms with E-state index in [2.05, 4.69) is 10.1 Å². The normalized spacial score (nSPS) is 11.3. The lowest BCUT2D eigenvalue weighted by Crippen LogP contribution is -2.42. The highest BCUT2D eigenvalue weighted by Gasteiger charge is 2.20. The van der Waals surface area contributed by atoms with E-state index in [0.29, 0.717) is 5.75 Å². The van der Waals surface area contributed by atoms with E-state index >= 15 is 0 Å². The van der Waals surface area contributed by atoms with Crippen LogP contribution in [0.4, 0.5) is 4.79 Å². The number of carbonyl (C=O) groups is 4. The van der Waals surface area contributed by atoms with Crippen molar-refractivity contribution in [3.8, 4) is 0 Å². The van der Waals surface area contributed by atoms with Gasteiger partial charge in [0.25, 0.3) is 0 Å². The molecule has 0 spiro atoms. The first-order chi connectivity index (χ1) is 10.4. The molecule has 0 aliphatic heterocycles. The smallest absolute Gasteiger partial charge is 0.421 e. The number of carboxylic acid groups (broad SMARTS) is 2. The number of hydrogen-bond acceptors (Lipinski definition) is 8. The Bertz CT molecular complexity index is 408. The van der Waals surface area contributed by atoms with E-state index in [9.17, 15) is 19.2 Å². The Kier molecular flexibility index (Phi) is 11.0. The maximum absolute atomic E-state index is 11.4. The number of carboxylic acids is 2. The topological polar surface area (TPSA) is 168 Å². The second kappa shape index (κ2) is 11.9. The quantitative estimate of drug-likeness (QED) is 0.106. The molecule has 0 saturated carbocycles. The van der Waals surface area contributed by atoms with Gasteiger partial charge in [-0.3, -0.25) is 15.0 Å². The molecule has 126 valence electrons. The fourth-order valence-corrected chi connectivity index (χ4v) is 3.03. The Morgan fingerprint density at radius 3 is 2.36 bits per heavy atom. The number of nitrogens with two attached hydrogens (primary N) is 1. The van der Waals surface area contributed by atoms with E-state index in [1.807, 2.05) is 0 Å². The molecule has 0 heterocycles. The molecule has 1 atom stereocenters. The van der Waals surface area contributed by atoms with E-state index in [4.69, 9.17) is 16.1 Å². The number of amides is 2. The average molecular weight is 355 g/mol. The highest BCUT2D eigenvalue weighted by atomic mass is 33.1. The van der Waals surface area contributed by atoms with Crippen molar-refractivity contribution in [1.29, 1.82) is 0 Å². The van der Waals surface area contributed by atoms with Crippen molar-refractivity contribution in [3.63, 3.8) is 0 Å². The van der Waals surface area contributed by atoms with Gasteiger partial charge in [-0.15, -0.1) is 0 Å². The fourth-order valence-electron chi connectivity index (χ4n) is 1.05. The summed E-state index contributed by atoms with van der Waals surface area (Å²) < 4.78 is 4.61. The zero-order chi connectivity index (χ0) is 17.0. The van der Waals surface area contributed by atoms with Crippen LogP contribution in [0.2, 0.25) is 0 Å². The van der Waals surface area contributed by atoms with Gasteiger partial charge in [0.05, 0.1) is 6.42 Å². The zero-order valence-electron chi connectivity index (χ0n) is 11.4. The Labute approximate surface area is 133 Å². The summed E-state index contributed by atoms with van der Waals surface area (Å²) in [6.07, 6.45) is -1.40. The fraction of sp³-hybridized carbons (Fsp3) is 0.600. The van der Waals surface area contributed by atoms with Gasteiger partial charge in [0, 0.05) is 17.9 Å². The molecule has 12 heteroatoms. The van der Waals surface area contributed by atoms with Crippen molar-refractivity contribution in [2.75, 3.05) is 18.1 Å². The third kappa shape index (κ3) is 11.0. The second-order valence-corrected chi connectivity index (χ2v) is 6.37. The van der Waals surface area contributed by atoms with Crippen LogP contribution < -0.4 is 16.6 Å². The Balaban J connectivity index is 3.90. The summed E-state index contributed by atoms with van der Waals surface area (Å²) in [7, 11) is 2.44. The molecule has 2 amide bonds. The number of hydrazine groups is 1. The molecule has 22 heavy (non-hydrogen) atoms. The highest BCUT2D eigenvalue weighted by Crippen LogP contribution is 2.21. The zero-order valence-corrected chi connectivity index (χ0v) is 13.1. The molecule has 0 aliphatic rings. The molecule has 0 aromatic rings. The molecule has 0 aromatic heterocycles. The first-order valence-corrected chi connectivity index (χ1v) is 8.47. The van der Waals surface area contributed by atoms with Crippen molar-refractivity contribution in [3.05, 3.63) is 0 Å². The average Bonchev–Trinajstić information content (AvgIpc) is 2.46. The number of hydrogen-bond donors (Lipinski definition) is 5. The number of carbonyl (C=O) groups excluding carboxylic acids is 2. The summed E-state index contributed by atoms with van der Waals surface area (Å²) in [5.41, 5.74) is 1.79. The number of rotatable bonds is 11. The standard InChI is InChI=1S/C10H17N3O7S2/c11-13-10(19)20-3-4-21-22-5-6(9(17)18)12-7(14)1-2-8(15)16/h6H,1-5,11H2,(H,12,14)(H,13,19)(H,15,16)(H,17,18). The number of ether oxygens (including phenoxy) is 1. The van der Waals surface area contributed by atoms with Crippen molar-refractivity contribution in [2.24, 2.45) is 5.84 Å². The predicted octanol–water partition coefficient (Wildman–Crippen LogP) is -0.598. The summed E-state index contributed by atoms with van der Waals surface area (Å²) >= 11 is 0. The highest BCUT2D eigenvalue weighted by molar-refractivity contribution is 8.76. The van der Waals surface area contributed by atoms with Gasteiger partial charge >= 0.3 is 18.0 Å². The monoisotopic (exact) mass is 355 g/mol. The van der Waals surface area contributed by atoms with Gasteiger partial charge in [-0.2, -0.15) is 0 Å². The van der Waals surface area contributed by atoms with Crippen LogP contribution >= 0.6 is 21.6 Å². The third-order valence-electron chi connectivity index (χ3n) is 2.03. The second-order valence-electron chi connectivity index (χ2n) is 3.74. The summed E-state index contributed by atoms with van der Waals surface area (Å²) in [6.45, 7) is 0.101. The molecule has 10 nitrogen and oxygen atoms in total. The molecule has 0 saturated heterocycles. The minimum Gasteiger partial charge on any atom is -0.481 e. The Hall–Kier alpha value is -1.66. The Morgan fingerprint density at radius 1 is 1.14 bits per heavy atom. The van der Waals surface area contributed by atoms with Crippen LogP contribution in [0, 0.1) is 0 Å². The number of aliphatic carboxylic acids is 2. The molecule has 0 rings (SSSR count). The largest absolute Gasteiger partial charge is 0.481 e. The van der Waals surface area contributed by atoms with Crippen LogP contribution in [-0.2, 0) is 19.1 Å². The molecular weight excluding hydrogens is 338 g/mol. The molecule has 0 radical (unpaired) electrons. The van der Waals surface area contributed by atoms with Gasteiger partial charge in [0.1, 0.15) is 12.6 Å². The van der Waals surface area contributed by atoms with Crippen molar-refractivity contribution >= 4 is 45.5 Å². The van der Waals surface area contributed by atoms with Gasteiger partial charge in [-0.1, -0.05) is 21.6 Å². The molecule has 0 fully saturated rings. The summed E-state index contributed by atoms with van der Waals surface area (Å²) in [4.78, 5) is 43.3. The van der Waals surface area contributed by atoms with Gasteiger partial charge in [-0.05, 0) is 0 Å². The third-order valence-corrected chi connectivity index (χ3v) is 4.41. The lowest BCUT2D eigenvalue weighted by Gasteiger charge is -2.13. The molecule has 0 bridgehead atoms. The van der Waals surface area contributed by atoms with Gasteiger partial charge < -0.3 is 20.3 Å². The molecule has 1 unspecified atom stereocenters. The van der Waals surface area contributed by atoms with E-state index in [0.717, 1.165) is 0 Å². The van der Waals surface area contributed by atoms with Crippen LogP contribution in [0.3, 0.4) is 0 Å². The van der Waals surface area contributed by atoms with Crippen molar-refractivity contribution in [2.45, 2.75) is 18.9 Å². The summed E-state index contributed by atoms with van der Waals surface area (Å²) in [5, 5.41) is 19.6. The number of nitrogens with one attached hydrogen (secondary N) is 2. The maximum atomic E-state index is 11.4. The van der Waals surface area contributed by atoms with Crippen LogP contribution in [0.25, 0.3) is 0 Å². The SMILES string of the molecule is NNC(=O)OCCSSCC(NC(=O)CCC(=O)O)C(=O)O. The van der Waals surface area contributed by atoms with E-state index < -0.39 is 30.0 Å².